The summed E-state index contributed by atoms with van der Waals surface area (Å²) in [6.07, 6.45) is 3.32. The van der Waals surface area contributed by atoms with E-state index in [0.29, 0.717) is 18.1 Å². The monoisotopic (exact) mass is 428 g/mol. The number of aliphatic imine (C=N–C) groups is 1. The highest BCUT2D eigenvalue weighted by molar-refractivity contribution is 7.18. The standard InChI is InChI=1S/C24H20N4O2S/c1-2-26-24(28-13-15-5-8-20-21(10-15)30-14-29-20)23-18(25)12-22(31-23)17-6-7-19-16(11-17)4-3-9-27-19/h2-12H,1,13-14,25H2,(H,26,28). The molecule has 0 radical (unpaired) electrons. The van der Waals surface area contributed by atoms with Gasteiger partial charge in [-0.15, -0.1) is 11.3 Å². The molecule has 1 aliphatic rings. The fourth-order valence-corrected chi connectivity index (χ4v) is 4.52. The normalized spacial score (nSPS) is 12.8. The second-order valence-electron chi connectivity index (χ2n) is 7.01. The molecule has 154 valence electrons. The average Bonchev–Trinajstić information content (AvgIpc) is 3.42. The Hall–Kier alpha value is -3.84. The Labute approximate surface area is 183 Å². The van der Waals surface area contributed by atoms with Gasteiger partial charge in [0.15, 0.2) is 11.5 Å². The number of thiophene rings is 1. The Bertz CT molecular complexity index is 1310. The number of hydrogen-bond acceptors (Lipinski definition) is 6. The van der Waals surface area contributed by atoms with Crippen LogP contribution in [0.4, 0.5) is 5.69 Å². The quantitative estimate of drug-likeness (QED) is 0.347. The van der Waals surface area contributed by atoms with E-state index < -0.39 is 0 Å². The molecular formula is C24H20N4O2S. The maximum Gasteiger partial charge on any atom is 0.231 e. The van der Waals surface area contributed by atoms with Crippen molar-refractivity contribution in [1.29, 1.82) is 0 Å². The minimum absolute atomic E-state index is 0.259. The number of anilines is 1. The van der Waals surface area contributed by atoms with Crippen LogP contribution in [0.1, 0.15) is 10.4 Å². The van der Waals surface area contributed by atoms with Crippen LogP contribution in [0, 0.1) is 0 Å². The van der Waals surface area contributed by atoms with Gasteiger partial charge < -0.3 is 20.5 Å². The third kappa shape index (κ3) is 3.83. The number of nitrogens with zero attached hydrogens (tertiary/aromatic N) is 2. The number of nitrogens with two attached hydrogens (primary N) is 1. The predicted molar refractivity (Wildman–Crippen MR) is 126 cm³/mol. The van der Waals surface area contributed by atoms with Gasteiger partial charge in [-0.3, -0.25) is 4.98 Å². The molecule has 6 nitrogen and oxygen atoms in total. The van der Waals surface area contributed by atoms with Crippen molar-refractivity contribution < 1.29 is 9.47 Å². The summed E-state index contributed by atoms with van der Waals surface area (Å²) in [7, 11) is 0. The number of rotatable bonds is 5. The molecule has 2 aromatic heterocycles. The van der Waals surface area contributed by atoms with Gasteiger partial charge in [0.1, 0.15) is 5.84 Å². The van der Waals surface area contributed by atoms with Crippen molar-refractivity contribution in [3.05, 3.63) is 84.0 Å². The molecular weight excluding hydrogens is 408 g/mol. The second-order valence-corrected chi connectivity index (χ2v) is 8.06. The van der Waals surface area contributed by atoms with Crippen molar-refractivity contribution in [2.45, 2.75) is 6.54 Å². The molecule has 3 N–H and O–H groups in total. The van der Waals surface area contributed by atoms with Crippen LogP contribution in [0.3, 0.4) is 0 Å². The predicted octanol–water partition coefficient (Wildman–Crippen LogP) is 4.95. The summed E-state index contributed by atoms with van der Waals surface area (Å²) >= 11 is 1.59. The van der Waals surface area contributed by atoms with Gasteiger partial charge in [-0.2, -0.15) is 0 Å². The first-order valence-electron chi connectivity index (χ1n) is 9.77. The molecule has 1 aliphatic heterocycles. The Balaban J connectivity index is 1.41. The van der Waals surface area contributed by atoms with E-state index in [0.717, 1.165) is 43.3 Å². The largest absolute Gasteiger partial charge is 0.454 e. The van der Waals surface area contributed by atoms with E-state index in [1.54, 1.807) is 17.5 Å². The fourth-order valence-electron chi connectivity index (χ4n) is 3.47. The summed E-state index contributed by atoms with van der Waals surface area (Å²) in [5, 5.41) is 4.47. The SMILES string of the molecule is C=C/N=C(/NCc1ccc2c(c1)OCO2)c1sc(-c2ccc3ncccc3c2)cc1N. The lowest BCUT2D eigenvalue weighted by atomic mass is 10.1. The van der Waals surface area contributed by atoms with Crippen LogP contribution in [-0.4, -0.2) is 17.6 Å². The first-order valence-corrected chi connectivity index (χ1v) is 10.6. The highest BCUT2D eigenvalue weighted by Gasteiger charge is 2.16. The van der Waals surface area contributed by atoms with E-state index in [4.69, 9.17) is 15.2 Å². The molecule has 0 saturated heterocycles. The van der Waals surface area contributed by atoms with Crippen LogP contribution in [0.2, 0.25) is 0 Å². The molecule has 0 bridgehead atoms. The van der Waals surface area contributed by atoms with Gasteiger partial charge in [0, 0.05) is 29.2 Å². The van der Waals surface area contributed by atoms with Crippen molar-refractivity contribution in [1.82, 2.24) is 10.3 Å². The van der Waals surface area contributed by atoms with Crippen LogP contribution in [0.25, 0.3) is 21.3 Å². The third-order valence-electron chi connectivity index (χ3n) is 4.98. The minimum Gasteiger partial charge on any atom is -0.454 e. The van der Waals surface area contributed by atoms with E-state index in [-0.39, 0.29) is 6.79 Å². The number of hydrogen-bond donors (Lipinski definition) is 2. The molecule has 31 heavy (non-hydrogen) atoms. The summed E-state index contributed by atoms with van der Waals surface area (Å²) in [4.78, 5) is 10.8. The fraction of sp³-hybridized carbons (Fsp3) is 0.0833. The van der Waals surface area contributed by atoms with Crippen LogP contribution in [-0.2, 0) is 6.54 Å². The number of pyridine rings is 1. The van der Waals surface area contributed by atoms with E-state index in [9.17, 15) is 0 Å². The molecule has 5 rings (SSSR count). The number of amidine groups is 1. The van der Waals surface area contributed by atoms with Gasteiger partial charge >= 0.3 is 0 Å². The summed E-state index contributed by atoms with van der Waals surface area (Å²) < 4.78 is 10.8. The number of nitrogens with one attached hydrogen (secondary N) is 1. The zero-order valence-corrected chi connectivity index (χ0v) is 17.5. The lowest BCUT2D eigenvalue weighted by Gasteiger charge is -2.09. The Morgan fingerprint density at radius 1 is 1.16 bits per heavy atom. The highest BCUT2D eigenvalue weighted by Crippen LogP contribution is 2.35. The molecule has 0 spiro atoms. The van der Waals surface area contributed by atoms with Crippen molar-refractivity contribution in [2.24, 2.45) is 4.99 Å². The number of aromatic nitrogens is 1. The second kappa shape index (κ2) is 8.12. The molecule has 0 unspecified atom stereocenters. The molecule has 2 aromatic carbocycles. The lowest BCUT2D eigenvalue weighted by molar-refractivity contribution is 0.174. The molecule has 0 saturated carbocycles. The van der Waals surface area contributed by atoms with Crippen LogP contribution in [0.5, 0.6) is 11.5 Å². The molecule has 4 aromatic rings. The van der Waals surface area contributed by atoms with Gasteiger partial charge in [-0.25, -0.2) is 4.99 Å². The molecule has 0 fully saturated rings. The Kier molecular flexibility index (Phi) is 5.01. The van der Waals surface area contributed by atoms with Crippen molar-refractivity contribution in [2.75, 3.05) is 12.5 Å². The number of benzene rings is 2. The smallest absolute Gasteiger partial charge is 0.231 e. The molecule has 7 heteroatoms. The minimum atomic E-state index is 0.259. The van der Waals surface area contributed by atoms with E-state index in [1.807, 2.05) is 36.4 Å². The van der Waals surface area contributed by atoms with Gasteiger partial charge in [-0.1, -0.05) is 24.8 Å². The number of ether oxygens (including phenoxy) is 2. The molecule has 3 heterocycles. The first kappa shape index (κ1) is 19.1. The highest BCUT2D eigenvalue weighted by atomic mass is 32.1. The Morgan fingerprint density at radius 2 is 2.06 bits per heavy atom. The summed E-state index contributed by atoms with van der Waals surface area (Å²) in [5.74, 6) is 2.20. The first-order chi connectivity index (χ1) is 15.2. The van der Waals surface area contributed by atoms with Crippen molar-refractivity contribution in [3.63, 3.8) is 0 Å². The van der Waals surface area contributed by atoms with Crippen LogP contribution >= 0.6 is 11.3 Å². The van der Waals surface area contributed by atoms with Gasteiger partial charge in [0.25, 0.3) is 0 Å². The van der Waals surface area contributed by atoms with Crippen LogP contribution < -0.4 is 20.5 Å². The van der Waals surface area contributed by atoms with Gasteiger partial charge in [0.05, 0.1) is 16.1 Å². The summed E-state index contributed by atoms with van der Waals surface area (Å²) in [5.41, 5.74) is 10.2. The van der Waals surface area contributed by atoms with Crippen LogP contribution in [0.15, 0.2) is 78.6 Å². The molecule has 0 aliphatic carbocycles. The maximum absolute atomic E-state index is 6.37. The van der Waals surface area contributed by atoms with Crippen molar-refractivity contribution in [3.8, 4) is 21.9 Å². The summed E-state index contributed by atoms with van der Waals surface area (Å²) in [6, 6.07) is 18.1. The van der Waals surface area contributed by atoms with E-state index >= 15 is 0 Å². The number of fused-ring (bicyclic) bond motifs is 2. The lowest BCUT2D eigenvalue weighted by Crippen LogP contribution is -2.23. The third-order valence-corrected chi connectivity index (χ3v) is 6.19. The average molecular weight is 429 g/mol. The number of nitrogen functional groups attached to an aromatic ring is 1. The van der Waals surface area contributed by atoms with Gasteiger partial charge in [-0.05, 0) is 47.5 Å². The zero-order chi connectivity index (χ0) is 21.2. The zero-order valence-electron chi connectivity index (χ0n) is 16.7. The topological polar surface area (TPSA) is 81.8 Å². The molecule has 0 atom stereocenters. The van der Waals surface area contributed by atoms with Gasteiger partial charge in [0.2, 0.25) is 6.79 Å². The van der Waals surface area contributed by atoms with E-state index in [2.05, 4.69) is 40.1 Å². The van der Waals surface area contributed by atoms with E-state index in [1.165, 1.54) is 6.20 Å². The van der Waals surface area contributed by atoms with Crippen molar-refractivity contribution >= 4 is 33.8 Å². The molecule has 0 amide bonds. The maximum atomic E-state index is 6.37. The Morgan fingerprint density at radius 3 is 2.97 bits per heavy atom. The summed E-state index contributed by atoms with van der Waals surface area (Å²) in [6.45, 7) is 4.58.